The lowest BCUT2D eigenvalue weighted by molar-refractivity contribution is -0.246. The Bertz CT molecular complexity index is 1490. The van der Waals surface area contributed by atoms with Gasteiger partial charge in [0.2, 0.25) is 5.91 Å². The SMILES string of the molecule is CCN1CCN(C2CCN(C(=O)[C@@H]3C[C@@H](C4(C)CC4)[C@H]4C3CC[C@]3(C)[C@@H]4CC[C@@H]4[C@@]5(C)CC[C@H](OC(=O)CC(C)(C)OC=O)C(C)(C)[C@@H]5CC[C@]43C)CC2)CC1. The van der Waals surface area contributed by atoms with Crippen molar-refractivity contribution in [1.82, 2.24) is 14.7 Å². The maximum absolute atomic E-state index is 14.7. The van der Waals surface area contributed by atoms with Gasteiger partial charge in [0.15, 0.2) is 0 Å². The number of carbonyl (C=O) groups is 3. The smallest absolute Gasteiger partial charge is 0.310 e. The molecule has 0 spiro atoms. The summed E-state index contributed by atoms with van der Waals surface area (Å²) in [6.45, 7) is 29.5. The van der Waals surface area contributed by atoms with Crippen LogP contribution in [0.15, 0.2) is 0 Å². The minimum absolute atomic E-state index is 0.0742. The third-order valence-corrected chi connectivity index (χ3v) is 19.9. The van der Waals surface area contributed by atoms with Gasteiger partial charge in [-0.25, -0.2) is 0 Å². The first-order valence-corrected chi connectivity index (χ1v) is 23.5. The number of hydrogen-bond acceptors (Lipinski definition) is 7. The van der Waals surface area contributed by atoms with Gasteiger partial charge in [-0.15, -0.1) is 0 Å². The summed E-state index contributed by atoms with van der Waals surface area (Å²) in [5.41, 5.74) is 0.192. The largest absolute Gasteiger partial charge is 0.462 e. The zero-order chi connectivity index (χ0) is 40.1. The second-order valence-corrected chi connectivity index (χ2v) is 23.1. The van der Waals surface area contributed by atoms with Crippen LogP contribution in [-0.2, 0) is 23.9 Å². The van der Waals surface area contributed by atoms with Crippen LogP contribution in [0.5, 0.6) is 0 Å². The van der Waals surface area contributed by atoms with E-state index in [1.54, 1.807) is 13.8 Å². The third kappa shape index (κ3) is 6.62. The monoisotopic (exact) mass is 778 g/mol. The highest BCUT2D eigenvalue weighted by atomic mass is 16.6. The summed E-state index contributed by atoms with van der Waals surface area (Å²) in [6.07, 6.45) is 15.6. The molecule has 8 rings (SSSR count). The number of nitrogens with zero attached hydrogens (tertiary/aromatic N) is 3. The van der Waals surface area contributed by atoms with Crippen LogP contribution in [-0.4, -0.2) is 96.6 Å². The maximum atomic E-state index is 14.7. The normalized spacial score (nSPS) is 43.8. The van der Waals surface area contributed by atoms with Gasteiger partial charge in [-0.1, -0.05) is 48.5 Å². The highest BCUT2D eigenvalue weighted by molar-refractivity contribution is 5.80. The molecule has 1 amide bonds. The fraction of sp³-hybridized carbons (Fsp3) is 0.938. The predicted octanol–water partition coefficient (Wildman–Crippen LogP) is 8.61. The number of amides is 1. The molecule has 2 aliphatic heterocycles. The molecule has 0 bridgehead atoms. The second kappa shape index (κ2) is 14.5. The highest BCUT2D eigenvalue weighted by Crippen LogP contribution is 2.78. The fourth-order valence-corrected chi connectivity index (χ4v) is 16.3. The standard InChI is InChI=1S/C48H79N3O5/c1-10-49-25-27-50(28-26-49)32-16-23-51(24-17-32)42(54)34-29-36(45(6)21-22-45)41-33(34)13-19-47(8)35(41)11-12-38-46(7)18-15-39(56-40(53)30-43(2,3)55-31-52)44(4,5)37(46)14-20-48(38,47)9/h31-39,41H,10-30H2,1-9H3/t33?,34-,35-,36-,37+,38-,39+,41+,46+,47-,48-/m1/s1. The summed E-state index contributed by atoms with van der Waals surface area (Å²) >= 11 is 0. The Kier molecular flexibility index (Phi) is 10.6. The van der Waals surface area contributed by atoms with Gasteiger partial charge < -0.3 is 19.3 Å². The van der Waals surface area contributed by atoms with E-state index in [0.29, 0.717) is 59.3 Å². The number of esters is 1. The quantitative estimate of drug-likeness (QED) is 0.172. The number of hydrogen-bond donors (Lipinski definition) is 0. The Labute approximate surface area is 340 Å². The van der Waals surface area contributed by atoms with Crippen molar-refractivity contribution < 1.29 is 23.9 Å². The van der Waals surface area contributed by atoms with Gasteiger partial charge in [-0.3, -0.25) is 19.3 Å². The number of likely N-dealkylation sites (N-methyl/N-ethyl adjacent to an activating group) is 1. The zero-order valence-corrected chi connectivity index (χ0v) is 37.0. The van der Waals surface area contributed by atoms with Crippen molar-refractivity contribution >= 4 is 18.3 Å². The Hall–Kier alpha value is -1.67. The molecule has 1 unspecified atom stereocenters. The fourth-order valence-electron chi connectivity index (χ4n) is 16.3. The Morgan fingerprint density at radius 3 is 2.07 bits per heavy atom. The first-order chi connectivity index (χ1) is 26.4. The molecule has 0 N–H and O–H groups in total. The van der Waals surface area contributed by atoms with Gasteiger partial charge >= 0.3 is 5.97 Å². The Morgan fingerprint density at radius 2 is 1.43 bits per heavy atom. The molecule has 8 fully saturated rings. The Balaban J connectivity index is 0.970. The molecule has 0 aromatic rings. The minimum atomic E-state index is -0.865. The van der Waals surface area contributed by atoms with E-state index in [4.69, 9.17) is 9.47 Å². The molecular formula is C48H79N3O5. The van der Waals surface area contributed by atoms with E-state index in [0.717, 1.165) is 51.7 Å². The molecule has 11 atom stereocenters. The number of carbonyl (C=O) groups excluding carboxylic acids is 3. The van der Waals surface area contributed by atoms with Gasteiger partial charge in [-0.2, -0.15) is 0 Å². The van der Waals surface area contributed by atoms with Crippen LogP contribution in [0.3, 0.4) is 0 Å². The molecule has 2 saturated heterocycles. The lowest BCUT2D eigenvalue weighted by Gasteiger charge is -2.72. The maximum Gasteiger partial charge on any atom is 0.310 e. The summed E-state index contributed by atoms with van der Waals surface area (Å²) < 4.78 is 11.5. The van der Waals surface area contributed by atoms with Crippen molar-refractivity contribution in [2.24, 2.45) is 68.5 Å². The molecule has 0 aromatic carbocycles. The van der Waals surface area contributed by atoms with Crippen molar-refractivity contribution in [1.29, 1.82) is 0 Å². The molecule has 8 nitrogen and oxygen atoms in total. The van der Waals surface area contributed by atoms with Gasteiger partial charge in [0.1, 0.15) is 11.7 Å². The van der Waals surface area contributed by atoms with Crippen molar-refractivity contribution in [3.05, 3.63) is 0 Å². The number of piperidine rings is 1. The van der Waals surface area contributed by atoms with Crippen LogP contribution in [0.2, 0.25) is 0 Å². The lowest BCUT2D eigenvalue weighted by Crippen LogP contribution is -2.66. The average Bonchev–Trinajstić information content (AvgIpc) is 3.78. The van der Waals surface area contributed by atoms with E-state index in [9.17, 15) is 14.4 Å². The summed E-state index contributed by atoms with van der Waals surface area (Å²) in [5, 5.41) is 0. The van der Waals surface area contributed by atoms with Crippen molar-refractivity contribution in [3.8, 4) is 0 Å². The van der Waals surface area contributed by atoms with Crippen molar-refractivity contribution in [2.75, 3.05) is 45.8 Å². The molecule has 56 heavy (non-hydrogen) atoms. The topological polar surface area (TPSA) is 79.4 Å². The zero-order valence-electron chi connectivity index (χ0n) is 37.0. The molecule has 6 saturated carbocycles. The molecule has 8 aliphatic rings. The van der Waals surface area contributed by atoms with Crippen LogP contribution in [0.4, 0.5) is 0 Å². The molecule has 0 aromatic heterocycles. The first kappa shape index (κ1) is 41.1. The van der Waals surface area contributed by atoms with Gasteiger partial charge in [0, 0.05) is 56.6 Å². The first-order valence-electron chi connectivity index (χ1n) is 23.5. The van der Waals surface area contributed by atoms with E-state index in [1.165, 1.54) is 77.5 Å². The van der Waals surface area contributed by atoms with Crippen LogP contribution in [0.1, 0.15) is 152 Å². The van der Waals surface area contributed by atoms with Crippen LogP contribution < -0.4 is 0 Å². The molecule has 316 valence electrons. The Morgan fingerprint density at radius 1 is 0.750 bits per heavy atom. The van der Waals surface area contributed by atoms with E-state index in [-0.39, 0.29) is 46.1 Å². The second-order valence-electron chi connectivity index (χ2n) is 23.1. The van der Waals surface area contributed by atoms with Gasteiger partial charge in [-0.05, 0) is 161 Å². The highest BCUT2D eigenvalue weighted by Gasteiger charge is 2.71. The predicted molar refractivity (Wildman–Crippen MR) is 220 cm³/mol. The molecule has 6 aliphatic carbocycles. The van der Waals surface area contributed by atoms with Crippen LogP contribution in [0, 0.1) is 68.5 Å². The minimum Gasteiger partial charge on any atom is -0.462 e. The van der Waals surface area contributed by atoms with Gasteiger partial charge in [0.25, 0.3) is 6.47 Å². The van der Waals surface area contributed by atoms with Crippen molar-refractivity contribution in [2.45, 2.75) is 170 Å². The molecular weight excluding hydrogens is 699 g/mol. The van der Waals surface area contributed by atoms with E-state index in [2.05, 4.69) is 63.2 Å². The number of rotatable bonds is 9. The van der Waals surface area contributed by atoms with Crippen LogP contribution in [0.25, 0.3) is 0 Å². The van der Waals surface area contributed by atoms with E-state index < -0.39 is 5.60 Å². The third-order valence-electron chi connectivity index (χ3n) is 19.9. The molecule has 2 heterocycles. The lowest BCUT2D eigenvalue weighted by atomic mass is 9.33. The van der Waals surface area contributed by atoms with Crippen LogP contribution >= 0.6 is 0 Å². The van der Waals surface area contributed by atoms with Crippen molar-refractivity contribution in [3.63, 3.8) is 0 Å². The van der Waals surface area contributed by atoms with E-state index in [1.807, 2.05) is 0 Å². The summed E-state index contributed by atoms with van der Waals surface area (Å²) in [4.78, 5) is 46.6. The number of likely N-dealkylation sites (tertiary alicyclic amines) is 1. The number of ether oxygens (including phenoxy) is 2. The molecule has 0 radical (unpaired) electrons. The molecule has 8 heteroatoms. The van der Waals surface area contributed by atoms with Gasteiger partial charge in [0.05, 0.1) is 6.42 Å². The average molecular weight is 778 g/mol. The number of fused-ring (bicyclic) bond motifs is 7. The summed E-state index contributed by atoms with van der Waals surface area (Å²) in [5.74, 6) is 4.28. The summed E-state index contributed by atoms with van der Waals surface area (Å²) in [6, 6.07) is 0.646. The number of piperazine rings is 1. The van der Waals surface area contributed by atoms with E-state index >= 15 is 0 Å². The summed E-state index contributed by atoms with van der Waals surface area (Å²) in [7, 11) is 0.